The lowest BCUT2D eigenvalue weighted by atomic mass is 10.1. The van der Waals surface area contributed by atoms with Crippen LogP contribution in [0.5, 0.6) is 0 Å². The molecule has 0 saturated heterocycles. The summed E-state index contributed by atoms with van der Waals surface area (Å²) in [6, 6.07) is 7.35. The van der Waals surface area contributed by atoms with Gasteiger partial charge in [0.05, 0.1) is 21.3 Å². The van der Waals surface area contributed by atoms with Crippen LogP contribution in [-0.2, 0) is 6.42 Å². The zero-order chi connectivity index (χ0) is 23.9. The average Bonchev–Trinajstić information content (AvgIpc) is 3.13. The first-order chi connectivity index (χ1) is 15.7. The number of nitrogen functional groups attached to an aromatic ring is 2. The molecule has 0 unspecified atom stereocenters. The summed E-state index contributed by atoms with van der Waals surface area (Å²) < 4.78 is 15.5. The monoisotopic (exact) mass is 525 g/mol. The Labute approximate surface area is 206 Å². The van der Waals surface area contributed by atoms with Gasteiger partial charge < -0.3 is 16.8 Å². The standard InChI is InChI=1S/C20H15Cl3FN7OS/c1-33-20(32)27-16-17(25)28-19(29-18(16)26)31-14-5-2-8(24)6-10(14)13(30-31)7-9-11(21)3-4-12(22)15(9)23/h2-6H,7H2,1H3,(H,27,32)(H4,25,26,28,29). The number of carbonyl (C=O) groups excluding carboxylic acids is 1. The van der Waals surface area contributed by atoms with Gasteiger partial charge in [-0.15, -0.1) is 0 Å². The quantitative estimate of drug-likeness (QED) is 0.297. The summed E-state index contributed by atoms with van der Waals surface area (Å²) in [6.07, 6.45) is 1.77. The van der Waals surface area contributed by atoms with E-state index in [1.165, 1.54) is 22.9 Å². The number of anilines is 3. The molecule has 0 spiro atoms. The van der Waals surface area contributed by atoms with Crippen LogP contribution in [0.15, 0.2) is 30.3 Å². The number of nitrogens with two attached hydrogens (primary N) is 2. The van der Waals surface area contributed by atoms with Gasteiger partial charge in [-0.25, -0.2) is 4.39 Å². The van der Waals surface area contributed by atoms with Gasteiger partial charge in [-0.05, 0) is 42.2 Å². The molecule has 13 heteroatoms. The summed E-state index contributed by atoms with van der Waals surface area (Å²) in [7, 11) is 0. The minimum Gasteiger partial charge on any atom is -0.382 e. The number of amides is 1. The van der Waals surface area contributed by atoms with Crippen LogP contribution < -0.4 is 16.8 Å². The number of fused-ring (bicyclic) bond motifs is 1. The Bertz CT molecular complexity index is 1390. The number of carbonyl (C=O) groups is 1. The van der Waals surface area contributed by atoms with Crippen molar-refractivity contribution < 1.29 is 9.18 Å². The summed E-state index contributed by atoms with van der Waals surface area (Å²) in [4.78, 5) is 20.2. The Morgan fingerprint density at radius 3 is 2.45 bits per heavy atom. The molecule has 2 heterocycles. The number of hydrogen-bond acceptors (Lipinski definition) is 7. The van der Waals surface area contributed by atoms with E-state index < -0.39 is 5.82 Å². The van der Waals surface area contributed by atoms with Gasteiger partial charge in [0.2, 0.25) is 0 Å². The molecule has 0 fully saturated rings. The maximum Gasteiger partial charge on any atom is 0.283 e. The second-order valence-electron chi connectivity index (χ2n) is 6.80. The first-order valence-electron chi connectivity index (χ1n) is 9.27. The molecule has 170 valence electrons. The average molecular weight is 527 g/mol. The molecule has 8 nitrogen and oxygen atoms in total. The number of benzene rings is 2. The van der Waals surface area contributed by atoms with Crippen molar-refractivity contribution in [3.05, 3.63) is 62.5 Å². The molecule has 0 aliphatic rings. The lowest BCUT2D eigenvalue weighted by molar-refractivity contribution is 0.270. The van der Waals surface area contributed by atoms with Crippen molar-refractivity contribution in [1.29, 1.82) is 0 Å². The van der Waals surface area contributed by atoms with E-state index in [2.05, 4.69) is 20.4 Å². The third kappa shape index (κ3) is 4.51. The van der Waals surface area contributed by atoms with Gasteiger partial charge in [0.25, 0.3) is 11.2 Å². The summed E-state index contributed by atoms with van der Waals surface area (Å²) in [6.45, 7) is 0. The maximum absolute atomic E-state index is 14.1. The van der Waals surface area contributed by atoms with Crippen LogP contribution in [0.4, 0.5) is 26.5 Å². The van der Waals surface area contributed by atoms with E-state index in [0.717, 1.165) is 11.8 Å². The van der Waals surface area contributed by atoms with Crippen LogP contribution in [0.3, 0.4) is 0 Å². The van der Waals surface area contributed by atoms with Crippen LogP contribution in [-0.4, -0.2) is 31.2 Å². The van der Waals surface area contributed by atoms with E-state index in [4.69, 9.17) is 46.3 Å². The summed E-state index contributed by atoms with van der Waals surface area (Å²) in [5.74, 6) is -0.513. The van der Waals surface area contributed by atoms with Gasteiger partial charge in [-0.1, -0.05) is 46.6 Å². The summed E-state index contributed by atoms with van der Waals surface area (Å²) in [5.41, 5.74) is 13.6. The van der Waals surface area contributed by atoms with Crippen LogP contribution in [0, 0.1) is 5.82 Å². The van der Waals surface area contributed by atoms with Gasteiger partial charge in [0.1, 0.15) is 11.5 Å². The zero-order valence-electron chi connectivity index (χ0n) is 16.9. The molecule has 0 saturated carbocycles. The molecule has 0 atom stereocenters. The van der Waals surface area contributed by atoms with E-state index in [9.17, 15) is 9.18 Å². The fraction of sp³-hybridized carbons (Fsp3) is 0.100. The third-order valence-electron chi connectivity index (χ3n) is 4.76. The zero-order valence-corrected chi connectivity index (χ0v) is 20.0. The molecule has 0 aliphatic heterocycles. The van der Waals surface area contributed by atoms with Crippen molar-refractivity contribution in [2.75, 3.05) is 23.0 Å². The molecule has 2 aromatic heterocycles. The Balaban J connectivity index is 1.86. The predicted molar refractivity (Wildman–Crippen MR) is 132 cm³/mol. The Hall–Kier alpha value is -2.79. The highest BCUT2D eigenvalue weighted by atomic mass is 35.5. The van der Waals surface area contributed by atoms with Gasteiger partial charge in [-0.3, -0.25) is 4.79 Å². The molecule has 33 heavy (non-hydrogen) atoms. The Kier molecular flexibility index (Phi) is 6.53. The number of thioether (sulfide) groups is 1. The van der Waals surface area contributed by atoms with Gasteiger partial charge in [0, 0.05) is 16.8 Å². The number of nitrogens with one attached hydrogen (secondary N) is 1. The van der Waals surface area contributed by atoms with E-state index in [-0.39, 0.29) is 40.0 Å². The third-order valence-corrected chi connectivity index (χ3v) is 6.43. The summed E-state index contributed by atoms with van der Waals surface area (Å²) >= 11 is 19.8. The normalized spacial score (nSPS) is 11.2. The van der Waals surface area contributed by atoms with Crippen molar-refractivity contribution in [2.24, 2.45) is 0 Å². The van der Waals surface area contributed by atoms with Crippen molar-refractivity contribution in [3.63, 3.8) is 0 Å². The van der Waals surface area contributed by atoms with E-state index >= 15 is 0 Å². The van der Waals surface area contributed by atoms with Crippen molar-refractivity contribution in [3.8, 4) is 5.95 Å². The fourth-order valence-electron chi connectivity index (χ4n) is 3.19. The van der Waals surface area contributed by atoms with E-state index in [0.29, 0.717) is 32.2 Å². The molecular formula is C20H15Cl3FN7OS. The van der Waals surface area contributed by atoms with Gasteiger partial charge >= 0.3 is 0 Å². The van der Waals surface area contributed by atoms with Crippen LogP contribution in [0.2, 0.25) is 15.1 Å². The molecule has 0 aliphatic carbocycles. The minimum atomic E-state index is -0.457. The second-order valence-corrected chi connectivity index (χ2v) is 8.78. The number of halogens is 4. The Morgan fingerprint density at radius 2 is 1.79 bits per heavy atom. The molecule has 4 rings (SSSR count). The SMILES string of the molecule is CSC(=O)Nc1c(N)nc(-n2nc(Cc3c(Cl)ccc(Cl)c3Cl)c3cc(F)ccc32)nc1N. The highest BCUT2D eigenvalue weighted by Gasteiger charge is 2.20. The highest BCUT2D eigenvalue weighted by molar-refractivity contribution is 8.13. The minimum absolute atomic E-state index is 0.0401. The molecule has 1 amide bonds. The van der Waals surface area contributed by atoms with Crippen LogP contribution >= 0.6 is 46.6 Å². The van der Waals surface area contributed by atoms with Crippen LogP contribution in [0.1, 0.15) is 11.3 Å². The summed E-state index contributed by atoms with van der Waals surface area (Å²) in [5, 5.41) is 8.21. The first kappa shape index (κ1) is 23.4. The van der Waals surface area contributed by atoms with E-state index in [1.54, 1.807) is 18.4 Å². The topological polar surface area (TPSA) is 125 Å². The molecule has 0 radical (unpaired) electrons. The van der Waals surface area contributed by atoms with Crippen molar-refractivity contribution in [1.82, 2.24) is 19.7 Å². The van der Waals surface area contributed by atoms with Gasteiger partial charge in [0.15, 0.2) is 11.6 Å². The lowest BCUT2D eigenvalue weighted by Crippen LogP contribution is -2.14. The Morgan fingerprint density at radius 1 is 1.12 bits per heavy atom. The molecule has 5 N–H and O–H groups in total. The smallest absolute Gasteiger partial charge is 0.283 e. The largest absolute Gasteiger partial charge is 0.382 e. The second kappa shape index (κ2) is 9.22. The number of nitrogens with zero attached hydrogens (tertiary/aromatic N) is 4. The lowest BCUT2D eigenvalue weighted by Gasteiger charge is -2.11. The predicted octanol–water partition coefficient (Wildman–Crippen LogP) is 5.56. The molecule has 0 bridgehead atoms. The van der Waals surface area contributed by atoms with Crippen molar-refractivity contribution >= 4 is 80.0 Å². The molecule has 4 aromatic rings. The fourth-order valence-corrected chi connectivity index (χ4v) is 4.08. The van der Waals surface area contributed by atoms with Crippen LogP contribution in [0.25, 0.3) is 16.9 Å². The number of hydrogen-bond donors (Lipinski definition) is 3. The molecular weight excluding hydrogens is 512 g/mol. The molecule has 2 aromatic carbocycles. The van der Waals surface area contributed by atoms with Gasteiger partial charge in [-0.2, -0.15) is 19.7 Å². The highest BCUT2D eigenvalue weighted by Crippen LogP contribution is 2.35. The number of aromatic nitrogens is 4. The first-order valence-corrected chi connectivity index (χ1v) is 11.6. The maximum atomic E-state index is 14.1. The van der Waals surface area contributed by atoms with E-state index in [1.807, 2.05) is 0 Å². The number of rotatable bonds is 4. The van der Waals surface area contributed by atoms with Crippen molar-refractivity contribution in [2.45, 2.75) is 6.42 Å².